The van der Waals surface area contributed by atoms with Gasteiger partial charge in [0, 0.05) is 20.8 Å². The van der Waals surface area contributed by atoms with Gasteiger partial charge in [0.25, 0.3) is 0 Å². The van der Waals surface area contributed by atoms with E-state index in [-0.39, 0.29) is 0 Å². The van der Waals surface area contributed by atoms with Gasteiger partial charge in [0.1, 0.15) is 244 Å². The monoisotopic (exact) mass is 1760 g/mol. The van der Waals surface area contributed by atoms with E-state index in [0.717, 1.165) is 20.8 Å². The minimum absolute atomic E-state index is 0.893. The molecule has 54 heteroatoms. The largest absolute Gasteiger partial charge is 0.394 e. The predicted molar refractivity (Wildman–Crippen MR) is 364 cm³/mol. The van der Waals surface area contributed by atoms with Gasteiger partial charge >= 0.3 is 0 Å². The molecule has 50 atom stereocenters. The Morgan fingerprint density at radius 1 is 0.200 bits per heavy atom. The predicted octanol–water partition coefficient (Wildman–Crippen LogP) is -22.4. The fraction of sp³-hybridized carbons (Fsp3) is 0.955. The lowest BCUT2D eigenvalue weighted by molar-refractivity contribution is -0.395. The van der Waals surface area contributed by atoms with Crippen molar-refractivity contribution < 1.29 is 252 Å². The van der Waals surface area contributed by atoms with Crippen molar-refractivity contribution in [1.29, 1.82) is 0 Å². The fourth-order valence-corrected chi connectivity index (χ4v) is 15.7. The highest BCUT2D eigenvalue weighted by Crippen LogP contribution is 2.41. The smallest absolute Gasteiger partial charge is 0.217 e. The van der Waals surface area contributed by atoms with Crippen molar-refractivity contribution in [3.8, 4) is 0 Å². The van der Waals surface area contributed by atoms with E-state index in [9.17, 15) is 162 Å². The van der Waals surface area contributed by atoms with Crippen LogP contribution in [0.2, 0.25) is 0 Å². The first-order chi connectivity index (χ1) is 56.9. The van der Waals surface area contributed by atoms with E-state index in [1.54, 1.807) is 0 Å². The molecule has 0 saturated carbocycles. The van der Waals surface area contributed by atoms with Crippen LogP contribution in [0.25, 0.3) is 0 Å². The Morgan fingerprint density at radius 2 is 0.383 bits per heavy atom. The van der Waals surface area contributed by atoms with Crippen LogP contribution in [0, 0.1) is 0 Å². The molecule has 0 unspecified atom stereocenters. The van der Waals surface area contributed by atoms with Crippen LogP contribution in [-0.2, 0) is 104 Å². The first kappa shape index (κ1) is 98.7. The zero-order valence-electron chi connectivity index (χ0n) is 63.9. The lowest BCUT2D eigenvalue weighted by atomic mass is 9.93. The molecule has 54 nitrogen and oxygen atoms in total. The van der Waals surface area contributed by atoms with Crippen molar-refractivity contribution in [2.45, 2.75) is 328 Å². The second-order valence-corrected chi connectivity index (χ2v) is 30.2. The molecule has 0 bridgehead atoms. The second kappa shape index (κ2) is 43.1. The van der Waals surface area contributed by atoms with E-state index < -0.39 is 391 Å². The normalized spacial score (nSPS) is 50.4. The topological polar surface area (TPSA) is 849 Å². The van der Waals surface area contributed by atoms with Crippen molar-refractivity contribution in [2.75, 3.05) is 66.1 Å². The molecule has 0 aromatic carbocycles. The molecule has 10 aliphatic heterocycles. The highest BCUT2D eigenvalue weighted by Gasteiger charge is 2.62. The van der Waals surface area contributed by atoms with Crippen molar-refractivity contribution >= 4 is 17.7 Å². The first-order valence-corrected chi connectivity index (χ1v) is 38.2. The molecule has 0 spiro atoms. The molecule has 0 radical (unpaired) electrons. The van der Waals surface area contributed by atoms with Gasteiger partial charge in [-0.15, -0.1) is 0 Å². The zero-order valence-corrected chi connectivity index (χ0v) is 63.9. The molecule has 0 aromatic rings. The second-order valence-electron chi connectivity index (χ2n) is 30.2. The van der Waals surface area contributed by atoms with Crippen LogP contribution in [0.3, 0.4) is 0 Å². The highest BCUT2D eigenvalue weighted by atomic mass is 16.8. The quantitative estimate of drug-likeness (QED) is 0.0306. The molecule has 696 valence electrons. The molecule has 32 N–H and O–H groups in total. The number of ether oxygens (including phenoxy) is 19. The van der Waals surface area contributed by atoms with Gasteiger partial charge in [0.2, 0.25) is 17.7 Å². The average Bonchev–Trinajstić information content (AvgIpc) is 0.770. The lowest BCUT2D eigenvalue weighted by Crippen LogP contribution is -2.71. The molecular formula is C66H111N3O51. The Morgan fingerprint density at radius 3 is 0.608 bits per heavy atom. The summed E-state index contributed by atoms with van der Waals surface area (Å²) in [5.74, 6) is -2.81. The van der Waals surface area contributed by atoms with Gasteiger partial charge in [0.05, 0.1) is 66.1 Å². The Bertz CT molecular complexity index is 3180. The van der Waals surface area contributed by atoms with Gasteiger partial charge in [-0.1, -0.05) is 0 Å². The minimum atomic E-state index is -2.43. The van der Waals surface area contributed by atoms with Crippen molar-refractivity contribution in [3.63, 3.8) is 0 Å². The standard InChI is InChI=1S/C66H111N3O51/c1-14(80)67-27-36(89)48(112-61-42(95)39(92)30(83)17(4-70)103-61)24(11-77)109-58(27)117-53-32(85)19(6-72)107-65(44(53)97)119-55-34(87)22(9-75)105-63(47(55)100)114-50-26(13-79)111-60(29(38(50)91)69-16(3)82)118-54-33(86)20(7-73)108-66(45(54)98)120-56-35(88)21(8-74)104-62(46(56)99)113-49-25(12-78)110-59(28(37(49)90)68-15(2)81)116-52-31(84)18(5-71)106-64(43(52)96)115-51-23(10-76)102-57(101)41(94)40(51)93/h17-66,70-79,83-101H,4-13H2,1-3H3,(H,67,80)(H,68,81)(H,69,82)/t17-,18-,19-,20-,21-,22-,23-,24-,25-,26-,27-,28-,29-,30+,31+,32+,33+,34+,35+,36-,37-,38-,39+,40-,41-,42-,43-,44-,45-,46-,47-,48-,49-,50-,51-,52+,53+,54+,55+,56+,57-,58+,59+,60+,61+,62+,63+,64+,65-,66-/m1/s1. The Hall–Kier alpha value is -3.51. The molecule has 3 amide bonds. The first-order valence-electron chi connectivity index (χ1n) is 38.2. The number of hydrogen-bond donors (Lipinski definition) is 32. The van der Waals surface area contributed by atoms with Crippen LogP contribution < -0.4 is 16.0 Å². The van der Waals surface area contributed by atoms with E-state index in [1.165, 1.54) is 0 Å². The summed E-state index contributed by atoms with van der Waals surface area (Å²) in [6.07, 6.45) is -96.9. The molecule has 10 fully saturated rings. The molecule has 10 aliphatic rings. The molecule has 10 saturated heterocycles. The maximum atomic E-state index is 13.0. The van der Waals surface area contributed by atoms with Gasteiger partial charge in [-0.05, 0) is 0 Å². The number of nitrogens with one attached hydrogen (secondary N) is 3. The molecule has 10 heterocycles. The highest BCUT2D eigenvalue weighted by molar-refractivity contribution is 5.74. The van der Waals surface area contributed by atoms with Crippen molar-refractivity contribution in [3.05, 3.63) is 0 Å². The van der Waals surface area contributed by atoms with Gasteiger partial charge in [-0.25, -0.2) is 0 Å². The third kappa shape index (κ3) is 21.1. The Kier molecular flexibility index (Phi) is 35.4. The number of amides is 3. The summed E-state index contributed by atoms with van der Waals surface area (Å²) in [6.45, 7) is -8.11. The van der Waals surface area contributed by atoms with E-state index in [0.29, 0.717) is 0 Å². The maximum absolute atomic E-state index is 13.0. The number of carbonyl (C=O) groups excluding carboxylic acids is 3. The summed E-state index contributed by atoms with van der Waals surface area (Å²) in [6, 6.07) is -5.73. The third-order valence-electron chi connectivity index (χ3n) is 22.1. The maximum Gasteiger partial charge on any atom is 0.217 e. The van der Waals surface area contributed by atoms with Crippen LogP contribution in [0.15, 0.2) is 0 Å². The third-order valence-corrected chi connectivity index (χ3v) is 22.1. The fourth-order valence-electron chi connectivity index (χ4n) is 15.7. The van der Waals surface area contributed by atoms with Gasteiger partial charge in [-0.2, -0.15) is 0 Å². The van der Waals surface area contributed by atoms with E-state index in [4.69, 9.17) is 90.0 Å². The number of carbonyl (C=O) groups is 3. The van der Waals surface area contributed by atoms with Crippen LogP contribution in [0.4, 0.5) is 0 Å². The van der Waals surface area contributed by atoms with Crippen molar-refractivity contribution in [2.24, 2.45) is 0 Å². The number of aliphatic hydroxyl groups excluding tert-OH is 29. The molecule has 120 heavy (non-hydrogen) atoms. The van der Waals surface area contributed by atoms with Crippen LogP contribution in [0.1, 0.15) is 20.8 Å². The van der Waals surface area contributed by atoms with Crippen LogP contribution in [-0.4, -0.2) is 539 Å². The lowest BCUT2D eigenvalue weighted by Gasteiger charge is -2.51. The summed E-state index contributed by atoms with van der Waals surface area (Å²) >= 11 is 0. The van der Waals surface area contributed by atoms with Crippen LogP contribution in [0.5, 0.6) is 0 Å². The number of hydrogen-bond acceptors (Lipinski definition) is 51. The SMILES string of the molecule is CC(=O)N[C@H]1[C@H](O[C@H]2[C@@H](O)[C@@H](CO)O[C@H](O[C@H]3[C@@H](O)[C@@H](CO)O[C@@H](O[C@H]4[C@H](O)[C@@H](NC(C)=O)[C@H](O[C@H]5[C@@H](O)[C@@H](CO)O[C@H](O[C@H]6[C@@H](O)[C@@H](CO)O[C@@H](O[C@H]7[C@H](O)[C@@H](NC(C)=O)[C@H](O[C@H]8[C@@H](O)[C@@H](CO)O[C@@H](O[C@H]9[C@H](O)[C@@H](O)[C@H](O)O[C@@H]9CO)[C@@H]8O)O[C@@H]7CO)[C@@H]6O)[C@@H]5O)O[C@@H]4CO)[C@@H]3O)[C@@H]2O)O[C@H](CO)[C@@H](O[C@@H]2O[C@H](CO)[C@H](O)[C@H](O)[C@H]2O)[C@@H]1O. The number of rotatable bonds is 31. The average molecular weight is 1760 g/mol. The van der Waals surface area contributed by atoms with Crippen LogP contribution >= 0.6 is 0 Å². The van der Waals surface area contributed by atoms with Crippen molar-refractivity contribution in [1.82, 2.24) is 16.0 Å². The summed E-state index contributed by atoms with van der Waals surface area (Å²) < 4.78 is 110. The Labute approximate surface area is 678 Å². The number of aliphatic hydroxyl groups is 29. The summed E-state index contributed by atoms with van der Waals surface area (Å²) in [5.41, 5.74) is 0. The van der Waals surface area contributed by atoms with E-state index in [2.05, 4.69) is 16.0 Å². The molecule has 0 aromatic heterocycles. The summed E-state index contributed by atoms with van der Waals surface area (Å²) in [5, 5.41) is 327. The summed E-state index contributed by atoms with van der Waals surface area (Å²) in [4.78, 5) is 38.5. The zero-order chi connectivity index (χ0) is 88.2. The van der Waals surface area contributed by atoms with Gasteiger partial charge < -0.3 is 254 Å². The summed E-state index contributed by atoms with van der Waals surface area (Å²) in [7, 11) is 0. The molecule has 10 rings (SSSR count). The van der Waals surface area contributed by atoms with Gasteiger partial charge in [-0.3, -0.25) is 14.4 Å². The van der Waals surface area contributed by atoms with E-state index >= 15 is 0 Å². The molecular weight excluding hydrogens is 1650 g/mol. The van der Waals surface area contributed by atoms with E-state index in [1.807, 2.05) is 0 Å². The van der Waals surface area contributed by atoms with Gasteiger partial charge in [0.15, 0.2) is 62.9 Å². The molecule has 0 aliphatic carbocycles. The Balaban J connectivity index is 0.820. The minimum Gasteiger partial charge on any atom is -0.394 e.